The number of fused-ring (bicyclic) bond motifs is 2. The zero-order chi connectivity index (χ0) is 40.7. The average Bonchev–Trinajstić information content (AvgIpc) is 3.79. The molecule has 9 nitrogen and oxygen atoms in total. The highest BCUT2D eigenvalue weighted by molar-refractivity contribution is 6.08. The van der Waals surface area contributed by atoms with Gasteiger partial charge in [-0.3, -0.25) is 14.3 Å². The molecule has 1 saturated heterocycles. The van der Waals surface area contributed by atoms with E-state index in [1.165, 1.54) is 24.0 Å². The number of ether oxygens (including phenoxy) is 2. The van der Waals surface area contributed by atoms with Crippen LogP contribution in [0.25, 0.3) is 21.8 Å². The predicted octanol–water partition coefficient (Wildman–Crippen LogP) is 9.26. The van der Waals surface area contributed by atoms with Crippen LogP contribution in [0.4, 0.5) is 0 Å². The first-order chi connectivity index (χ1) is 28.3. The fraction of sp³-hybridized carbons (Fsp3) is 0.408. The maximum Gasteiger partial charge on any atom is 0.183 e. The van der Waals surface area contributed by atoms with E-state index in [4.69, 9.17) is 9.47 Å². The highest BCUT2D eigenvalue weighted by atomic mass is 16.5. The number of nitrogens with one attached hydrogen (secondary N) is 1. The Labute approximate surface area is 344 Å². The van der Waals surface area contributed by atoms with Gasteiger partial charge in [-0.2, -0.15) is 5.10 Å². The van der Waals surface area contributed by atoms with Gasteiger partial charge in [-0.05, 0) is 112 Å². The van der Waals surface area contributed by atoms with Crippen molar-refractivity contribution >= 4 is 33.4 Å². The van der Waals surface area contributed by atoms with Gasteiger partial charge in [-0.25, -0.2) is 0 Å². The lowest BCUT2D eigenvalue weighted by molar-refractivity contribution is 0.0956. The molecular weight excluding hydrogens is 723 g/mol. The summed E-state index contributed by atoms with van der Waals surface area (Å²) >= 11 is 0. The quantitative estimate of drug-likeness (QED) is 0.0647. The number of aromatic nitrogens is 3. The lowest BCUT2D eigenvalue weighted by Crippen LogP contribution is -2.35. The summed E-state index contributed by atoms with van der Waals surface area (Å²) in [5.74, 6) is 2.61. The lowest BCUT2D eigenvalue weighted by atomic mass is 9.90. The third kappa shape index (κ3) is 11.4. The Bertz CT molecular complexity index is 2220. The number of unbranched alkanes of at least 4 members (excludes halogenated alkanes) is 2. The second-order valence-corrected chi connectivity index (χ2v) is 15.6. The van der Waals surface area contributed by atoms with Crippen LogP contribution in [-0.4, -0.2) is 77.8 Å². The van der Waals surface area contributed by atoms with Crippen molar-refractivity contribution in [3.8, 4) is 11.5 Å². The van der Waals surface area contributed by atoms with Gasteiger partial charge in [0.25, 0.3) is 0 Å². The van der Waals surface area contributed by atoms with Gasteiger partial charge in [0.15, 0.2) is 23.1 Å². The Morgan fingerprint density at radius 3 is 2.17 bits per heavy atom. The van der Waals surface area contributed by atoms with Crippen molar-refractivity contribution in [3.05, 3.63) is 126 Å². The SMILES string of the molecule is COc1ccc(CCNCCCCCC(=O)c2cn(C)c3ccccc23)cc1OC.Cn1nc(C(=O)CCC2CCN(CCc3ccccc3)CC2)c2ccccc21. The van der Waals surface area contributed by atoms with Gasteiger partial charge in [-0.1, -0.05) is 79.2 Å². The molecule has 2 aromatic heterocycles. The molecule has 306 valence electrons. The zero-order valence-electron chi connectivity index (χ0n) is 34.9. The molecule has 0 aliphatic carbocycles. The van der Waals surface area contributed by atoms with Crippen LogP contribution in [0.15, 0.2) is 103 Å². The fourth-order valence-corrected chi connectivity index (χ4v) is 8.11. The summed E-state index contributed by atoms with van der Waals surface area (Å²) < 4.78 is 14.5. The van der Waals surface area contributed by atoms with Crippen molar-refractivity contribution in [2.45, 2.75) is 64.2 Å². The number of para-hydroxylation sites is 2. The molecule has 1 fully saturated rings. The molecule has 9 heteroatoms. The molecule has 1 N–H and O–H groups in total. The molecule has 1 aliphatic heterocycles. The van der Waals surface area contributed by atoms with E-state index in [0.29, 0.717) is 24.5 Å². The molecule has 0 unspecified atom stereocenters. The maximum absolute atomic E-state index is 12.8. The molecule has 0 bridgehead atoms. The monoisotopic (exact) mass is 783 g/mol. The van der Waals surface area contributed by atoms with E-state index < -0.39 is 0 Å². The fourth-order valence-electron chi connectivity index (χ4n) is 8.11. The Hall–Kier alpha value is -5.25. The predicted molar refractivity (Wildman–Crippen MR) is 235 cm³/mol. The number of hydrogen-bond donors (Lipinski definition) is 1. The van der Waals surface area contributed by atoms with Gasteiger partial charge in [0, 0.05) is 61.5 Å². The summed E-state index contributed by atoms with van der Waals surface area (Å²) in [4.78, 5) is 27.9. The smallest absolute Gasteiger partial charge is 0.183 e. The highest BCUT2D eigenvalue weighted by Gasteiger charge is 2.22. The van der Waals surface area contributed by atoms with Crippen LogP contribution in [0.2, 0.25) is 0 Å². The molecular formula is C49H61N5O4. The standard InChI is InChI=1S/C25H32N2O3.C24H29N3O/c1-27-18-21(20-9-6-7-10-22(20)27)23(28)11-5-4-8-15-26-16-14-19-12-13-24(29-2)25(17-19)30-3;1-26-22-10-6-5-9-21(22)24(25-26)23(28)12-11-20-14-17-27(18-15-20)16-13-19-7-3-2-4-8-19/h6-7,9-10,12-13,17-18,26H,4-5,8,11,14-16H2,1-3H3;2-10,20H,11-18H2,1H3. The van der Waals surface area contributed by atoms with Crippen molar-refractivity contribution in [3.63, 3.8) is 0 Å². The van der Waals surface area contributed by atoms with Gasteiger partial charge < -0.3 is 24.3 Å². The molecule has 0 amide bonds. The molecule has 0 saturated carbocycles. The van der Waals surface area contributed by atoms with Crippen LogP contribution in [0.3, 0.4) is 0 Å². The number of methoxy groups -OCH3 is 2. The Morgan fingerprint density at radius 1 is 0.707 bits per heavy atom. The van der Waals surface area contributed by atoms with Gasteiger partial charge in [0.2, 0.25) is 0 Å². The summed E-state index contributed by atoms with van der Waals surface area (Å²) in [6, 6.07) is 32.8. The molecule has 6 aromatic rings. The van der Waals surface area contributed by atoms with E-state index in [1.54, 1.807) is 14.2 Å². The van der Waals surface area contributed by atoms with Gasteiger partial charge in [0.1, 0.15) is 5.69 Å². The van der Waals surface area contributed by atoms with E-state index in [0.717, 1.165) is 110 Å². The number of likely N-dealkylation sites (tertiary alicyclic amines) is 1. The first-order valence-corrected chi connectivity index (χ1v) is 21.0. The minimum Gasteiger partial charge on any atom is -0.493 e. The van der Waals surface area contributed by atoms with E-state index in [2.05, 4.69) is 57.8 Å². The Kier molecular flexibility index (Phi) is 15.7. The molecule has 4 aromatic carbocycles. The molecule has 0 atom stereocenters. The van der Waals surface area contributed by atoms with E-state index in [9.17, 15) is 9.59 Å². The lowest BCUT2D eigenvalue weighted by Gasteiger charge is -2.31. The van der Waals surface area contributed by atoms with Crippen LogP contribution in [0.5, 0.6) is 11.5 Å². The number of Topliss-reactive ketones (excluding diaryl/α,β-unsaturated/α-hetero) is 2. The third-order valence-electron chi connectivity index (χ3n) is 11.6. The molecule has 1 aliphatic rings. The van der Waals surface area contributed by atoms with Crippen LogP contribution < -0.4 is 14.8 Å². The number of benzene rings is 4. The van der Waals surface area contributed by atoms with Crippen molar-refractivity contribution in [1.82, 2.24) is 24.6 Å². The number of rotatable bonds is 19. The average molecular weight is 784 g/mol. The van der Waals surface area contributed by atoms with Crippen LogP contribution in [0, 0.1) is 5.92 Å². The second kappa shape index (κ2) is 21.5. The number of piperidine rings is 1. The van der Waals surface area contributed by atoms with Gasteiger partial charge in [0.05, 0.1) is 19.7 Å². The van der Waals surface area contributed by atoms with Gasteiger partial charge in [-0.15, -0.1) is 0 Å². The van der Waals surface area contributed by atoms with E-state index >= 15 is 0 Å². The normalized spacial score (nSPS) is 13.4. The first-order valence-electron chi connectivity index (χ1n) is 21.0. The molecule has 3 heterocycles. The summed E-state index contributed by atoms with van der Waals surface area (Å²) in [6.07, 6.45) is 11.7. The Morgan fingerprint density at radius 2 is 1.41 bits per heavy atom. The minimum atomic E-state index is 0.184. The van der Waals surface area contributed by atoms with E-state index in [-0.39, 0.29) is 11.6 Å². The number of hydrogen-bond acceptors (Lipinski definition) is 7. The summed E-state index contributed by atoms with van der Waals surface area (Å²) in [6.45, 7) is 5.33. The van der Waals surface area contributed by atoms with Crippen LogP contribution in [0.1, 0.15) is 83.3 Å². The Balaban J connectivity index is 0.000000196. The van der Waals surface area contributed by atoms with Crippen molar-refractivity contribution in [2.24, 2.45) is 20.0 Å². The van der Waals surface area contributed by atoms with Gasteiger partial charge >= 0.3 is 0 Å². The second-order valence-electron chi connectivity index (χ2n) is 15.6. The molecule has 0 radical (unpaired) electrons. The largest absolute Gasteiger partial charge is 0.493 e. The number of aryl methyl sites for hydroxylation is 2. The maximum atomic E-state index is 12.8. The van der Waals surface area contributed by atoms with E-state index in [1.807, 2.05) is 84.1 Å². The summed E-state index contributed by atoms with van der Waals surface area (Å²) in [7, 11) is 7.21. The highest BCUT2D eigenvalue weighted by Crippen LogP contribution is 2.28. The van der Waals surface area contributed by atoms with Crippen molar-refractivity contribution < 1.29 is 19.1 Å². The third-order valence-corrected chi connectivity index (χ3v) is 11.6. The molecule has 58 heavy (non-hydrogen) atoms. The first kappa shape index (κ1) is 42.4. The number of carbonyl (C=O) groups is 2. The topological polar surface area (TPSA) is 90.6 Å². The number of ketones is 2. The van der Waals surface area contributed by atoms with Crippen molar-refractivity contribution in [2.75, 3.05) is 46.9 Å². The van der Waals surface area contributed by atoms with Crippen LogP contribution >= 0.6 is 0 Å². The summed E-state index contributed by atoms with van der Waals surface area (Å²) in [5.41, 5.74) is 6.26. The molecule has 7 rings (SSSR count). The summed E-state index contributed by atoms with van der Waals surface area (Å²) in [5, 5.41) is 10.00. The number of carbonyl (C=O) groups excluding carboxylic acids is 2. The minimum absolute atomic E-state index is 0.184. The zero-order valence-corrected chi connectivity index (χ0v) is 34.9. The van der Waals surface area contributed by atoms with Crippen LogP contribution in [-0.2, 0) is 26.9 Å². The molecule has 0 spiro atoms. The number of nitrogens with zero attached hydrogens (tertiary/aromatic N) is 4. The van der Waals surface area contributed by atoms with Crippen molar-refractivity contribution in [1.29, 1.82) is 0 Å².